The van der Waals surface area contributed by atoms with Crippen molar-refractivity contribution >= 4 is 17.7 Å². The standard InChI is InChI=1S/C15H20N6O3/c1-9(22)16-12(13-17-19-20-18-13)7-4-8-21-14(23)10-5-2-3-6-11(10)15(21)24/h2-3,5-6,12-13,17-20H,4,7-8H2,1H3,(H,16,22). The van der Waals surface area contributed by atoms with E-state index in [0.29, 0.717) is 30.5 Å². The van der Waals surface area contributed by atoms with Gasteiger partial charge in [-0.2, -0.15) is 11.1 Å². The van der Waals surface area contributed by atoms with E-state index in [0.717, 1.165) is 0 Å². The van der Waals surface area contributed by atoms with Gasteiger partial charge in [-0.25, -0.2) is 10.9 Å². The molecular formula is C15H20N6O3. The van der Waals surface area contributed by atoms with Crippen molar-refractivity contribution in [2.45, 2.75) is 32.0 Å². The molecule has 2 aliphatic heterocycles. The Morgan fingerprint density at radius 2 is 1.75 bits per heavy atom. The number of amides is 3. The summed E-state index contributed by atoms with van der Waals surface area (Å²) in [6.45, 7) is 1.77. The summed E-state index contributed by atoms with van der Waals surface area (Å²) in [5, 5.41) is 2.85. The van der Waals surface area contributed by atoms with Gasteiger partial charge in [0.25, 0.3) is 11.8 Å². The Hall–Kier alpha value is -2.33. The van der Waals surface area contributed by atoms with Gasteiger partial charge in [0.15, 0.2) is 0 Å². The first-order chi connectivity index (χ1) is 11.6. The van der Waals surface area contributed by atoms with E-state index >= 15 is 0 Å². The van der Waals surface area contributed by atoms with Gasteiger partial charge < -0.3 is 5.32 Å². The summed E-state index contributed by atoms with van der Waals surface area (Å²) in [5.74, 6) is -0.657. The van der Waals surface area contributed by atoms with Crippen LogP contribution in [0.15, 0.2) is 24.3 Å². The van der Waals surface area contributed by atoms with Crippen LogP contribution in [0.2, 0.25) is 0 Å². The van der Waals surface area contributed by atoms with Crippen molar-refractivity contribution in [2.24, 2.45) is 0 Å². The first kappa shape index (κ1) is 16.5. The third-order valence-corrected chi connectivity index (χ3v) is 4.08. The first-order valence-corrected chi connectivity index (χ1v) is 7.81. The Morgan fingerprint density at radius 3 is 2.29 bits per heavy atom. The van der Waals surface area contributed by atoms with E-state index in [1.54, 1.807) is 24.3 Å². The number of hydrazine groups is 3. The molecule has 2 heterocycles. The van der Waals surface area contributed by atoms with Crippen LogP contribution in [-0.4, -0.2) is 41.4 Å². The Bertz CT molecular complexity index is 623. The zero-order valence-corrected chi connectivity index (χ0v) is 13.3. The third-order valence-electron chi connectivity index (χ3n) is 4.08. The highest BCUT2D eigenvalue weighted by Crippen LogP contribution is 2.22. The summed E-state index contributed by atoms with van der Waals surface area (Å²) < 4.78 is 0. The van der Waals surface area contributed by atoms with Crippen LogP contribution in [0.25, 0.3) is 0 Å². The Balaban J connectivity index is 1.58. The SMILES string of the molecule is CC(=O)NC(CCCN1C(=O)c2ccccc2C1=O)C1NNNN1. The van der Waals surface area contributed by atoms with E-state index in [-0.39, 0.29) is 29.9 Å². The van der Waals surface area contributed by atoms with Crippen LogP contribution in [0.3, 0.4) is 0 Å². The van der Waals surface area contributed by atoms with Crippen LogP contribution < -0.4 is 27.2 Å². The van der Waals surface area contributed by atoms with Crippen molar-refractivity contribution in [1.82, 2.24) is 32.1 Å². The summed E-state index contributed by atoms with van der Waals surface area (Å²) in [6.07, 6.45) is 0.980. The van der Waals surface area contributed by atoms with Crippen LogP contribution in [-0.2, 0) is 4.79 Å². The summed E-state index contributed by atoms with van der Waals surface area (Å²) >= 11 is 0. The predicted molar refractivity (Wildman–Crippen MR) is 85.0 cm³/mol. The van der Waals surface area contributed by atoms with E-state index in [1.807, 2.05) is 0 Å². The summed E-state index contributed by atoms with van der Waals surface area (Å²) in [6, 6.07) is 6.63. The fourth-order valence-corrected chi connectivity index (χ4v) is 2.96. The average Bonchev–Trinajstić information content (AvgIpc) is 3.17. The lowest BCUT2D eigenvalue weighted by molar-refractivity contribution is -0.120. The second kappa shape index (κ2) is 7.05. The van der Waals surface area contributed by atoms with Gasteiger partial charge in [-0.1, -0.05) is 12.1 Å². The molecule has 0 radical (unpaired) electrons. The number of benzene rings is 1. The Kier molecular flexibility index (Phi) is 4.86. The molecule has 9 heteroatoms. The molecule has 128 valence electrons. The second-order valence-electron chi connectivity index (χ2n) is 5.77. The number of imide groups is 1. The normalized spacial score (nSPS) is 18.8. The molecule has 24 heavy (non-hydrogen) atoms. The van der Waals surface area contributed by atoms with E-state index in [2.05, 4.69) is 27.2 Å². The molecule has 2 aliphatic rings. The zero-order chi connectivity index (χ0) is 17.1. The smallest absolute Gasteiger partial charge is 0.261 e. The number of hydrogen-bond acceptors (Lipinski definition) is 7. The topological polar surface area (TPSA) is 115 Å². The minimum Gasteiger partial charge on any atom is -0.351 e. The molecule has 0 aliphatic carbocycles. The highest BCUT2D eigenvalue weighted by molar-refractivity contribution is 6.21. The molecule has 5 N–H and O–H groups in total. The number of nitrogens with zero attached hydrogens (tertiary/aromatic N) is 1. The van der Waals surface area contributed by atoms with Gasteiger partial charge in [-0.05, 0) is 25.0 Å². The molecule has 3 amide bonds. The zero-order valence-electron chi connectivity index (χ0n) is 13.3. The molecule has 1 fully saturated rings. The van der Waals surface area contributed by atoms with Crippen LogP contribution >= 0.6 is 0 Å². The number of fused-ring (bicyclic) bond motifs is 1. The van der Waals surface area contributed by atoms with Gasteiger partial charge in [0.05, 0.1) is 17.2 Å². The minimum atomic E-state index is -0.257. The molecule has 0 aromatic heterocycles. The quantitative estimate of drug-likeness (QED) is 0.425. The van der Waals surface area contributed by atoms with Gasteiger partial charge in [0, 0.05) is 13.5 Å². The molecule has 1 aromatic rings. The van der Waals surface area contributed by atoms with Crippen molar-refractivity contribution < 1.29 is 14.4 Å². The fourth-order valence-electron chi connectivity index (χ4n) is 2.96. The molecule has 1 aromatic carbocycles. The maximum absolute atomic E-state index is 12.3. The summed E-state index contributed by atoms with van der Waals surface area (Å²) in [5.41, 5.74) is 12.2. The number of carbonyl (C=O) groups excluding carboxylic acids is 3. The lowest BCUT2D eigenvalue weighted by Crippen LogP contribution is -2.53. The third kappa shape index (κ3) is 3.29. The molecule has 1 saturated heterocycles. The van der Waals surface area contributed by atoms with Crippen LogP contribution in [0.5, 0.6) is 0 Å². The second-order valence-corrected chi connectivity index (χ2v) is 5.77. The molecule has 0 saturated carbocycles. The van der Waals surface area contributed by atoms with Crippen molar-refractivity contribution in [2.75, 3.05) is 6.54 Å². The monoisotopic (exact) mass is 332 g/mol. The molecule has 1 atom stereocenters. The lowest BCUT2D eigenvalue weighted by atomic mass is 10.1. The molecule has 0 spiro atoms. The molecule has 1 unspecified atom stereocenters. The summed E-state index contributed by atoms with van der Waals surface area (Å²) in [4.78, 5) is 37.2. The minimum absolute atomic E-state index is 0.142. The summed E-state index contributed by atoms with van der Waals surface area (Å²) in [7, 11) is 0. The fraction of sp³-hybridized carbons (Fsp3) is 0.400. The van der Waals surface area contributed by atoms with E-state index in [9.17, 15) is 14.4 Å². The van der Waals surface area contributed by atoms with Gasteiger partial charge in [0.2, 0.25) is 5.91 Å². The number of hydrogen-bond donors (Lipinski definition) is 5. The number of rotatable bonds is 6. The highest BCUT2D eigenvalue weighted by Gasteiger charge is 2.35. The average molecular weight is 332 g/mol. The van der Waals surface area contributed by atoms with Crippen molar-refractivity contribution in [1.29, 1.82) is 0 Å². The molecule has 0 bridgehead atoms. The molecular weight excluding hydrogens is 312 g/mol. The van der Waals surface area contributed by atoms with Gasteiger partial charge in [0.1, 0.15) is 6.17 Å². The molecule has 9 nitrogen and oxygen atoms in total. The van der Waals surface area contributed by atoms with Crippen LogP contribution in [0.4, 0.5) is 0 Å². The lowest BCUT2D eigenvalue weighted by Gasteiger charge is -2.24. The van der Waals surface area contributed by atoms with E-state index in [4.69, 9.17) is 0 Å². The predicted octanol–water partition coefficient (Wildman–Crippen LogP) is -0.989. The van der Waals surface area contributed by atoms with E-state index in [1.165, 1.54) is 11.8 Å². The van der Waals surface area contributed by atoms with Gasteiger partial charge in [-0.15, -0.1) is 0 Å². The Morgan fingerprint density at radius 1 is 1.17 bits per heavy atom. The maximum atomic E-state index is 12.3. The first-order valence-electron chi connectivity index (χ1n) is 7.81. The maximum Gasteiger partial charge on any atom is 0.261 e. The molecule has 3 rings (SSSR count). The number of carbonyl (C=O) groups is 3. The van der Waals surface area contributed by atoms with Crippen molar-refractivity contribution in [3.8, 4) is 0 Å². The van der Waals surface area contributed by atoms with Gasteiger partial charge >= 0.3 is 0 Å². The Labute approximate surface area is 139 Å². The highest BCUT2D eigenvalue weighted by atomic mass is 16.2. The van der Waals surface area contributed by atoms with Crippen LogP contribution in [0, 0.1) is 0 Å². The number of nitrogens with one attached hydrogen (secondary N) is 5. The van der Waals surface area contributed by atoms with Crippen molar-refractivity contribution in [3.05, 3.63) is 35.4 Å². The van der Waals surface area contributed by atoms with Gasteiger partial charge in [-0.3, -0.25) is 19.3 Å². The largest absolute Gasteiger partial charge is 0.351 e. The van der Waals surface area contributed by atoms with E-state index < -0.39 is 0 Å². The van der Waals surface area contributed by atoms with Crippen LogP contribution in [0.1, 0.15) is 40.5 Å². The van der Waals surface area contributed by atoms with Crippen molar-refractivity contribution in [3.63, 3.8) is 0 Å².